The molecule has 0 aliphatic heterocycles. The minimum absolute atomic E-state index is 0.155. The maximum atomic E-state index is 5.60. The van der Waals surface area contributed by atoms with Crippen molar-refractivity contribution in [2.45, 2.75) is 26.4 Å². The lowest BCUT2D eigenvalue weighted by Crippen LogP contribution is -2.33. The van der Waals surface area contributed by atoms with Crippen LogP contribution in [0.15, 0.2) is 12.2 Å². The van der Waals surface area contributed by atoms with Gasteiger partial charge in [-0.15, -0.1) is 0 Å². The number of ether oxygens (including phenoxy) is 2. The molecular weight excluding hydrogens is 178 g/mol. The number of rotatable bonds is 9. The number of hydrogen-bond donors (Lipinski definition) is 1. The van der Waals surface area contributed by atoms with Crippen molar-refractivity contribution in [2.75, 3.05) is 33.4 Å². The Morgan fingerprint density at radius 3 is 2.79 bits per heavy atom. The van der Waals surface area contributed by atoms with Crippen LogP contribution in [0.2, 0.25) is 0 Å². The second-order valence-corrected chi connectivity index (χ2v) is 3.18. The fourth-order valence-electron chi connectivity index (χ4n) is 1.08. The van der Waals surface area contributed by atoms with E-state index in [1.54, 1.807) is 7.11 Å². The molecule has 0 aliphatic rings. The summed E-state index contributed by atoms with van der Waals surface area (Å²) in [6.07, 6.45) is 5.29. The molecule has 1 unspecified atom stereocenters. The number of hydrogen-bond acceptors (Lipinski definition) is 3. The lowest BCUT2D eigenvalue weighted by molar-refractivity contribution is 0.0121. The molecule has 0 amide bonds. The molecule has 1 N–H and O–H groups in total. The van der Waals surface area contributed by atoms with Crippen LogP contribution in [0.1, 0.15) is 20.3 Å². The normalized spacial score (nSPS) is 13.6. The van der Waals surface area contributed by atoms with Crippen LogP contribution in [0.25, 0.3) is 0 Å². The van der Waals surface area contributed by atoms with E-state index in [-0.39, 0.29) is 6.10 Å². The zero-order valence-electron chi connectivity index (χ0n) is 9.58. The fraction of sp³-hybridized carbons (Fsp3) is 0.818. The number of nitrogens with one attached hydrogen (secondary N) is 1. The molecule has 1 atom stereocenters. The first-order valence-electron chi connectivity index (χ1n) is 5.27. The molecule has 0 heterocycles. The molecule has 0 aromatic rings. The van der Waals surface area contributed by atoms with Crippen LogP contribution in [-0.4, -0.2) is 39.5 Å². The van der Waals surface area contributed by atoms with Gasteiger partial charge in [0.2, 0.25) is 0 Å². The summed E-state index contributed by atoms with van der Waals surface area (Å²) < 4.78 is 10.7. The first-order chi connectivity index (χ1) is 6.85. The molecule has 3 heteroatoms. The highest BCUT2D eigenvalue weighted by molar-refractivity contribution is 4.77. The SMILES string of the molecule is C/C=C/COC(CNCCC)COC. The van der Waals surface area contributed by atoms with Crippen molar-refractivity contribution in [3.05, 3.63) is 12.2 Å². The van der Waals surface area contributed by atoms with Crippen LogP contribution in [0.5, 0.6) is 0 Å². The highest BCUT2D eigenvalue weighted by Gasteiger charge is 2.06. The molecule has 0 aliphatic carbocycles. The first kappa shape index (κ1) is 13.6. The third-order valence-electron chi connectivity index (χ3n) is 1.82. The van der Waals surface area contributed by atoms with Gasteiger partial charge in [-0.3, -0.25) is 0 Å². The molecule has 0 fully saturated rings. The van der Waals surface area contributed by atoms with Crippen molar-refractivity contribution in [3.63, 3.8) is 0 Å². The van der Waals surface area contributed by atoms with E-state index in [1.165, 1.54) is 0 Å². The monoisotopic (exact) mass is 201 g/mol. The zero-order valence-corrected chi connectivity index (χ0v) is 9.58. The quantitative estimate of drug-likeness (QED) is 0.454. The Morgan fingerprint density at radius 1 is 1.43 bits per heavy atom. The second kappa shape index (κ2) is 10.7. The highest BCUT2D eigenvalue weighted by atomic mass is 16.5. The van der Waals surface area contributed by atoms with Crippen molar-refractivity contribution in [1.82, 2.24) is 5.32 Å². The Hall–Kier alpha value is -0.380. The Morgan fingerprint density at radius 2 is 2.21 bits per heavy atom. The molecule has 84 valence electrons. The topological polar surface area (TPSA) is 30.5 Å². The van der Waals surface area contributed by atoms with E-state index in [1.807, 2.05) is 19.1 Å². The van der Waals surface area contributed by atoms with E-state index in [4.69, 9.17) is 9.47 Å². The van der Waals surface area contributed by atoms with Gasteiger partial charge >= 0.3 is 0 Å². The van der Waals surface area contributed by atoms with Crippen molar-refractivity contribution >= 4 is 0 Å². The molecule has 14 heavy (non-hydrogen) atoms. The lowest BCUT2D eigenvalue weighted by atomic mass is 10.3. The predicted molar refractivity (Wildman–Crippen MR) is 59.6 cm³/mol. The smallest absolute Gasteiger partial charge is 0.0936 e. The van der Waals surface area contributed by atoms with Gasteiger partial charge in [0, 0.05) is 13.7 Å². The van der Waals surface area contributed by atoms with Gasteiger partial charge in [-0.25, -0.2) is 0 Å². The zero-order chi connectivity index (χ0) is 10.6. The maximum absolute atomic E-state index is 5.60. The number of methoxy groups -OCH3 is 1. The molecule has 0 bridgehead atoms. The Balaban J connectivity index is 3.54. The Labute approximate surface area is 87.5 Å². The van der Waals surface area contributed by atoms with Crippen LogP contribution >= 0.6 is 0 Å². The van der Waals surface area contributed by atoms with Crippen LogP contribution < -0.4 is 5.32 Å². The summed E-state index contributed by atoms with van der Waals surface area (Å²) in [7, 11) is 1.70. The molecule has 0 radical (unpaired) electrons. The van der Waals surface area contributed by atoms with E-state index in [9.17, 15) is 0 Å². The van der Waals surface area contributed by atoms with E-state index < -0.39 is 0 Å². The molecule has 0 aromatic heterocycles. The minimum Gasteiger partial charge on any atom is -0.382 e. The standard InChI is InChI=1S/C11H23NO2/c1-4-6-8-14-11(10-13-3)9-12-7-5-2/h4,6,11-12H,5,7-10H2,1-3H3/b6-4+. The van der Waals surface area contributed by atoms with Gasteiger partial charge in [0.1, 0.15) is 0 Å². The third kappa shape index (κ3) is 8.23. The summed E-state index contributed by atoms with van der Waals surface area (Å²) in [6.45, 7) is 7.35. The van der Waals surface area contributed by atoms with Gasteiger partial charge in [-0.1, -0.05) is 19.1 Å². The minimum atomic E-state index is 0.155. The summed E-state index contributed by atoms with van der Waals surface area (Å²) in [5.74, 6) is 0. The van der Waals surface area contributed by atoms with Crippen LogP contribution in [0.4, 0.5) is 0 Å². The van der Waals surface area contributed by atoms with Crippen LogP contribution in [-0.2, 0) is 9.47 Å². The highest BCUT2D eigenvalue weighted by Crippen LogP contribution is 1.92. The predicted octanol–water partition coefficient (Wildman–Crippen LogP) is 1.59. The maximum Gasteiger partial charge on any atom is 0.0936 e. The summed E-state index contributed by atoms with van der Waals surface area (Å²) in [6, 6.07) is 0. The van der Waals surface area contributed by atoms with E-state index in [2.05, 4.69) is 12.2 Å². The molecular formula is C11H23NO2. The van der Waals surface area contributed by atoms with Crippen molar-refractivity contribution in [2.24, 2.45) is 0 Å². The molecule has 0 spiro atoms. The Kier molecular flexibility index (Phi) is 10.4. The van der Waals surface area contributed by atoms with Gasteiger partial charge in [0.15, 0.2) is 0 Å². The third-order valence-corrected chi connectivity index (χ3v) is 1.82. The molecule has 0 saturated carbocycles. The molecule has 0 rings (SSSR count). The fourth-order valence-corrected chi connectivity index (χ4v) is 1.08. The van der Waals surface area contributed by atoms with E-state index in [0.29, 0.717) is 13.2 Å². The summed E-state index contributed by atoms with van der Waals surface area (Å²) in [4.78, 5) is 0. The average molecular weight is 201 g/mol. The molecule has 3 nitrogen and oxygen atoms in total. The molecule has 0 saturated heterocycles. The Bertz CT molecular complexity index is 137. The largest absolute Gasteiger partial charge is 0.382 e. The van der Waals surface area contributed by atoms with Gasteiger partial charge in [-0.05, 0) is 19.9 Å². The van der Waals surface area contributed by atoms with Gasteiger partial charge in [-0.2, -0.15) is 0 Å². The van der Waals surface area contributed by atoms with Crippen LogP contribution in [0.3, 0.4) is 0 Å². The summed E-state index contributed by atoms with van der Waals surface area (Å²) in [5, 5.41) is 3.32. The summed E-state index contributed by atoms with van der Waals surface area (Å²) in [5.41, 5.74) is 0. The first-order valence-corrected chi connectivity index (χ1v) is 5.27. The van der Waals surface area contributed by atoms with Gasteiger partial charge in [0.05, 0.1) is 19.3 Å². The van der Waals surface area contributed by atoms with Gasteiger partial charge in [0.25, 0.3) is 0 Å². The van der Waals surface area contributed by atoms with E-state index in [0.717, 1.165) is 19.5 Å². The summed E-state index contributed by atoms with van der Waals surface area (Å²) >= 11 is 0. The van der Waals surface area contributed by atoms with E-state index >= 15 is 0 Å². The molecule has 0 aromatic carbocycles. The number of allylic oxidation sites excluding steroid dienone is 1. The lowest BCUT2D eigenvalue weighted by Gasteiger charge is -2.16. The second-order valence-electron chi connectivity index (χ2n) is 3.18. The van der Waals surface area contributed by atoms with Crippen molar-refractivity contribution in [1.29, 1.82) is 0 Å². The van der Waals surface area contributed by atoms with Gasteiger partial charge < -0.3 is 14.8 Å². The van der Waals surface area contributed by atoms with Crippen LogP contribution in [0, 0.1) is 0 Å². The van der Waals surface area contributed by atoms with Crippen molar-refractivity contribution < 1.29 is 9.47 Å². The van der Waals surface area contributed by atoms with Crippen molar-refractivity contribution in [3.8, 4) is 0 Å². The average Bonchev–Trinajstić information content (AvgIpc) is 2.18.